The third-order valence-corrected chi connectivity index (χ3v) is 5.37. The Morgan fingerprint density at radius 3 is 2.38 bits per heavy atom. The van der Waals surface area contributed by atoms with E-state index in [0.29, 0.717) is 6.54 Å². The molecule has 0 saturated carbocycles. The van der Waals surface area contributed by atoms with Crippen LogP contribution in [0.25, 0.3) is 0 Å². The lowest BCUT2D eigenvalue weighted by Crippen LogP contribution is -2.35. The monoisotopic (exact) mass is 338 g/mol. The highest BCUT2D eigenvalue weighted by molar-refractivity contribution is 7.99. The van der Waals surface area contributed by atoms with Gasteiger partial charge in [-0.25, -0.2) is 4.98 Å². The summed E-state index contributed by atoms with van der Waals surface area (Å²) in [5.74, 6) is 0.0238. The molecule has 2 unspecified atom stereocenters. The fraction of sp³-hybridized carbons (Fsp3) is 0.250. The lowest BCUT2D eigenvalue weighted by atomic mass is 9.85. The van der Waals surface area contributed by atoms with Crippen LogP contribution in [0.5, 0.6) is 0 Å². The molecule has 0 aliphatic carbocycles. The standard InChI is InChI=1S/C20H22N2OS/c1-16(20(2,23)14-22-13-12-21-15-22)17-8-10-19(11-9-17)24-18-6-4-3-5-7-18/h3-13,15-16,23H,14H2,1-2H3. The first-order valence-corrected chi connectivity index (χ1v) is 8.87. The third kappa shape index (κ3) is 4.08. The quantitative estimate of drug-likeness (QED) is 0.714. The van der Waals surface area contributed by atoms with Gasteiger partial charge in [0.05, 0.1) is 18.5 Å². The molecule has 1 heterocycles. The van der Waals surface area contributed by atoms with E-state index in [0.717, 1.165) is 5.56 Å². The molecule has 3 rings (SSSR count). The largest absolute Gasteiger partial charge is 0.388 e. The first-order chi connectivity index (χ1) is 11.5. The number of imidazole rings is 1. The van der Waals surface area contributed by atoms with Crippen molar-refractivity contribution < 1.29 is 5.11 Å². The van der Waals surface area contributed by atoms with Crippen molar-refractivity contribution in [1.82, 2.24) is 9.55 Å². The Morgan fingerprint density at radius 2 is 1.75 bits per heavy atom. The second-order valence-electron chi connectivity index (χ2n) is 6.30. The van der Waals surface area contributed by atoms with Gasteiger partial charge in [0.15, 0.2) is 0 Å². The summed E-state index contributed by atoms with van der Waals surface area (Å²) < 4.78 is 1.91. The molecule has 0 saturated heterocycles. The summed E-state index contributed by atoms with van der Waals surface area (Å²) in [7, 11) is 0. The topological polar surface area (TPSA) is 38.0 Å². The summed E-state index contributed by atoms with van der Waals surface area (Å²) in [6.07, 6.45) is 5.35. The van der Waals surface area contributed by atoms with Crippen molar-refractivity contribution in [3.8, 4) is 0 Å². The van der Waals surface area contributed by atoms with E-state index >= 15 is 0 Å². The van der Waals surface area contributed by atoms with Gasteiger partial charge in [-0.2, -0.15) is 0 Å². The Bertz CT molecular complexity index is 752. The van der Waals surface area contributed by atoms with Crippen LogP contribution in [0.3, 0.4) is 0 Å². The van der Waals surface area contributed by atoms with Gasteiger partial charge in [0.25, 0.3) is 0 Å². The van der Waals surface area contributed by atoms with Gasteiger partial charge < -0.3 is 9.67 Å². The molecule has 4 heteroatoms. The number of aromatic nitrogens is 2. The van der Waals surface area contributed by atoms with Crippen LogP contribution in [0.1, 0.15) is 25.3 Å². The van der Waals surface area contributed by atoms with Crippen LogP contribution in [-0.4, -0.2) is 20.3 Å². The van der Waals surface area contributed by atoms with Crippen molar-refractivity contribution >= 4 is 11.8 Å². The maximum atomic E-state index is 10.9. The highest BCUT2D eigenvalue weighted by atomic mass is 32.2. The average Bonchev–Trinajstić information content (AvgIpc) is 3.08. The van der Waals surface area contributed by atoms with Crippen LogP contribution in [-0.2, 0) is 6.54 Å². The van der Waals surface area contributed by atoms with Crippen LogP contribution in [0.2, 0.25) is 0 Å². The van der Waals surface area contributed by atoms with E-state index in [1.54, 1.807) is 24.3 Å². The molecule has 0 spiro atoms. The Morgan fingerprint density at radius 1 is 1.08 bits per heavy atom. The fourth-order valence-corrected chi connectivity index (χ4v) is 3.53. The summed E-state index contributed by atoms with van der Waals surface area (Å²) in [6.45, 7) is 4.47. The van der Waals surface area contributed by atoms with Crippen molar-refractivity contribution in [3.63, 3.8) is 0 Å². The van der Waals surface area contributed by atoms with Crippen molar-refractivity contribution in [3.05, 3.63) is 78.9 Å². The van der Waals surface area contributed by atoms with E-state index in [1.165, 1.54) is 9.79 Å². The highest BCUT2D eigenvalue weighted by Gasteiger charge is 2.29. The molecule has 0 radical (unpaired) electrons. The van der Waals surface area contributed by atoms with Crippen LogP contribution >= 0.6 is 11.8 Å². The number of hydrogen-bond donors (Lipinski definition) is 1. The van der Waals surface area contributed by atoms with E-state index in [4.69, 9.17) is 0 Å². The minimum Gasteiger partial charge on any atom is -0.388 e. The number of aliphatic hydroxyl groups is 1. The molecule has 2 aromatic carbocycles. The Balaban J connectivity index is 1.70. The van der Waals surface area contributed by atoms with Crippen molar-refractivity contribution in [2.45, 2.75) is 41.7 Å². The van der Waals surface area contributed by atoms with Gasteiger partial charge in [-0.15, -0.1) is 0 Å². The Labute approximate surface area is 147 Å². The first-order valence-electron chi connectivity index (χ1n) is 8.05. The SMILES string of the molecule is CC(c1ccc(Sc2ccccc2)cc1)C(C)(O)Cn1ccnc1. The van der Waals surface area contributed by atoms with Gasteiger partial charge in [0, 0.05) is 28.1 Å². The van der Waals surface area contributed by atoms with Gasteiger partial charge in [-0.05, 0) is 36.8 Å². The maximum Gasteiger partial charge on any atom is 0.0946 e. The second kappa shape index (κ2) is 7.24. The number of rotatable bonds is 6. The first kappa shape index (κ1) is 16.8. The van der Waals surface area contributed by atoms with Gasteiger partial charge >= 0.3 is 0 Å². The molecular weight excluding hydrogens is 316 g/mol. The Hall–Kier alpha value is -2.04. The number of nitrogens with zero attached hydrogens (tertiary/aromatic N) is 2. The molecule has 0 amide bonds. The fourth-order valence-electron chi connectivity index (χ4n) is 2.70. The molecule has 0 bridgehead atoms. The lowest BCUT2D eigenvalue weighted by Gasteiger charge is -2.31. The molecule has 124 valence electrons. The molecule has 0 aliphatic heterocycles. The van der Waals surface area contributed by atoms with E-state index in [2.05, 4.69) is 48.3 Å². The van der Waals surface area contributed by atoms with E-state index in [9.17, 15) is 5.11 Å². The molecule has 0 fully saturated rings. The normalized spacial score (nSPS) is 15.0. The molecule has 3 aromatic rings. The zero-order valence-corrected chi connectivity index (χ0v) is 14.8. The highest BCUT2D eigenvalue weighted by Crippen LogP contribution is 2.32. The lowest BCUT2D eigenvalue weighted by molar-refractivity contribution is 0.0188. The molecule has 3 nitrogen and oxygen atoms in total. The Kier molecular flexibility index (Phi) is 5.07. The average molecular weight is 338 g/mol. The second-order valence-corrected chi connectivity index (χ2v) is 7.44. The summed E-state index contributed by atoms with van der Waals surface area (Å²) >= 11 is 1.74. The molecule has 1 N–H and O–H groups in total. The van der Waals surface area contributed by atoms with Gasteiger partial charge in [0.1, 0.15) is 0 Å². The van der Waals surface area contributed by atoms with Crippen molar-refractivity contribution in [2.24, 2.45) is 0 Å². The minimum absolute atomic E-state index is 0.0238. The van der Waals surface area contributed by atoms with E-state index in [-0.39, 0.29) is 5.92 Å². The summed E-state index contributed by atoms with van der Waals surface area (Å²) in [5.41, 5.74) is 0.298. The van der Waals surface area contributed by atoms with Gasteiger partial charge in [-0.3, -0.25) is 0 Å². The molecule has 0 aliphatic rings. The zero-order chi connectivity index (χ0) is 17.0. The third-order valence-electron chi connectivity index (χ3n) is 4.35. The predicted molar refractivity (Wildman–Crippen MR) is 98.3 cm³/mol. The summed E-state index contributed by atoms with van der Waals surface area (Å²) in [4.78, 5) is 6.47. The number of benzene rings is 2. The summed E-state index contributed by atoms with van der Waals surface area (Å²) in [5, 5.41) is 10.9. The zero-order valence-electron chi connectivity index (χ0n) is 14.0. The maximum absolute atomic E-state index is 10.9. The van der Waals surface area contributed by atoms with Crippen molar-refractivity contribution in [1.29, 1.82) is 0 Å². The molecule has 24 heavy (non-hydrogen) atoms. The van der Waals surface area contributed by atoms with Crippen LogP contribution < -0.4 is 0 Å². The van der Waals surface area contributed by atoms with Crippen LogP contribution in [0.4, 0.5) is 0 Å². The molecule has 1 aromatic heterocycles. The smallest absolute Gasteiger partial charge is 0.0946 e. The molecular formula is C20H22N2OS. The molecule has 2 atom stereocenters. The predicted octanol–water partition coefficient (Wildman–Crippen LogP) is 4.59. The number of hydrogen-bond acceptors (Lipinski definition) is 3. The van der Waals surface area contributed by atoms with E-state index in [1.807, 2.05) is 35.9 Å². The minimum atomic E-state index is -0.839. The van der Waals surface area contributed by atoms with Crippen molar-refractivity contribution in [2.75, 3.05) is 0 Å². The van der Waals surface area contributed by atoms with Crippen LogP contribution in [0.15, 0.2) is 83.1 Å². The van der Waals surface area contributed by atoms with Gasteiger partial charge in [-0.1, -0.05) is 49.0 Å². The van der Waals surface area contributed by atoms with E-state index < -0.39 is 5.60 Å². The summed E-state index contributed by atoms with van der Waals surface area (Å²) in [6, 6.07) is 18.8. The van der Waals surface area contributed by atoms with Crippen LogP contribution in [0, 0.1) is 0 Å². The van der Waals surface area contributed by atoms with Gasteiger partial charge in [0.2, 0.25) is 0 Å².